The Balaban J connectivity index is 4.33. The summed E-state index contributed by atoms with van der Waals surface area (Å²) in [6, 6.07) is -1.51. The van der Waals surface area contributed by atoms with Crippen LogP contribution >= 0.6 is 0 Å². The van der Waals surface area contributed by atoms with Gasteiger partial charge in [-0.25, -0.2) is 9.59 Å². The Labute approximate surface area is 102 Å². The van der Waals surface area contributed by atoms with Crippen molar-refractivity contribution in [3.8, 4) is 12.3 Å². The van der Waals surface area contributed by atoms with Crippen molar-refractivity contribution in [1.82, 2.24) is 10.6 Å². The number of hydrogen-bond acceptors (Lipinski definition) is 2. The van der Waals surface area contributed by atoms with Crippen molar-refractivity contribution in [2.45, 2.75) is 45.7 Å². The Kier molecular flexibility index (Phi) is 6.80. The number of amides is 2. The molecule has 3 N–H and O–H groups in total. The molecule has 96 valence electrons. The van der Waals surface area contributed by atoms with Crippen molar-refractivity contribution in [2.75, 3.05) is 0 Å². The van der Waals surface area contributed by atoms with Gasteiger partial charge in [-0.1, -0.05) is 20.8 Å². The predicted molar refractivity (Wildman–Crippen MR) is 65.5 cm³/mol. The number of carbonyl (C=O) groups excluding carboxylic acids is 1. The second-order valence-corrected chi connectivity index (χ2v) is 4.19. The van der Waals surface area contributed by atoms with Crippen LogP contribution < -0.4 is 10.6 Å². The lowest BCUT2D eigenvalue weighted by Crippen LogP contribution is -2.50. The molecule has 0 aromatic carbocycles. The van der Waals surface area contributed by atoms with Crippen molar-refractivity contribution in [2.24, 2.45) is 5.92 Å². The van der Waals surface area contributed by atoms with E-state index in [2.05, 4.69) is 16.6 Å². The van der Waals surface area contributed by atoms with Crippen LogP contribution in [0.5, 0.6) is 0 Å². The lowest BCUT2D eigenvalue weighted by molar-refractivity contribution is -0.140. The average Bonchev–Trinajstić information content (AvgIpc) is 2.24. The number of aliphatic carboxylic acids is 1. The summed E-state index contributed by atoms with van der Waals surface area (Å²) in [4.78, 5) is 22.4. The quantitative estimate of drug-likeness (QED) is 0.610. The molecule has 2 amide bonds. The van der Waals surface area contributed by atoms with Crippen LogP contribution in [0.25, 0.3) is 0 Å². The highest BCUT2D eigenvalue weighted by Crippen LogP contribution is 2.02. The third-order valence-corrected chi connectivity index (χ3v) is 2.41. The molecule has 0 heterocycles. The molecule has 0 aromatic heterocycles. The summed E-state index contributed by atoms with van der Waals surface area (Å²) >= 11 is 0. The van der Waals surface area contributed by atoms with Crippen LogP contribution in [0.4, 0.5) is 4.79 Å². The highest BCUT2D eigenvalue weighted by molar-refractivity contribution is 5.82. The van der Waals surface area contributed by atoms with E-state index in [-0.39, 0.29) is 12.0 Å². The van der Waals surface area contributed by atoms with Gasteiger partial charge in [-0.3, -0.25) is 0 Å². The van der Waals surface area contributed by atoms with E-state index in [1.807, 2.05) is 6.92 Å². The highest BCUT2D eigenvalue weighted by atomic mass is 16.4. The Morgan fingerprint density at radius 3 is 2.29 bits per heavy atom. The fourth-order valence-corrected chi connectivity index (χ4v) is 1.32. The topological polar surface area (TPSA) is 78.4 Å². The summed E-state index contributed by atoms with van der Waals surface area (Å²) in [7, 11) is 0. The molecule has 0 aliphatic rings. The van der Waals surface area contributed by atoms with Gasteiger partial charge in [0.05, 0.1) is 0 Å². The third-order valence-electron chi connectivity index (χ3n) is 2.41. The molecule has 0 saturated carbocycles. The average molecular weight is 240 g/mol. The number of hydrogen-bond donors (Lipinski definition) is 3. The van der Waals surface area contributed by atoms with Crippen molar-refractivity contribution < 1.29 is 14.7 Å². The van der Waals surface area contributed by atoms with Crippen LogP contribution in [0.3, 0.4) is 0 Å². The number of urea groups is 1. The zero-order valence-electron chi connectivity index (χ0n) is 10.5. The van der Waals surface area contributed by atoms with Crippen LogP contribution in [0.1, 0.15) is 33.6 Å². The second kappa shape index (κ2) is 7.55. The molecule has 2 atom stereocenters. The predicted octanol–water partition coefficient (Wildman–Crippen LogP) is 1.20. The minimum absolute atomic E-state index is 0.124. The normalized spacial score (nSPS) is 13.6. The molecule has 2 unspecified atom stereocenters. The Hall–Kier alpha value is -1.70. The van der Waals surface area contributed by atoms with Gasteiger partial charge in [-0.15, -0.1) is 12.3 Å². The van der Waals surface area contributed by atoms with E-state index in [0.29, 0.717) is 12.8 Å². The Morgan fingerprint density at radius 2 is 1.94 bits per heavy atom. The summed E-state index contributed by atoms with van der Waals surface area (Å²) in [6.45, 7) is 5.37. The van der Waals surface area contributed by atoms with Gasteiger partial charge in [0.25, 0.3) is 0 Å². The van der Waals surface area contributed by atoms with Gasteiger partial charge in [-0.05, 0) is 12.3 Å². The molecule has 0 radical (unpaired) electrons. The van der Waals surface area contributed by atoms with Gasteiger partial charge in [0.1, 0.15) is 6.04 Å². The van der Waals surface area contributed by atoms with Gasteiger partial charge in [0.2, 0.25) is 0 Å². The molecule has 0 spiro atoms. The van der Waals surface area contributed by atoms with Crippen LogP contribution in [0, 0.1) is 18.3 Å². The molecule has 0 aromatic rings. The molecule has 5 nitrogen and oxygen atoms in total. The molecule has 0 aliphatic heterocycles. The van der Waals surface area contributed by atoms with Crippen LogP contribution in [0.2, 0.25) is 0 Å². The smallest absolute Gasteiger partial charge is 0.326 e. The first-order chi connectivity index (χ1) is 7.92. The van der Waals surface area contributed by atoms with E-state index in [1.54, 1.807) is 13.8 Å². The van der Waals surface area contributed by atoms with Gasteiger partial charge in [-0.2, -0.15) is 0 Å². The number of rotatable bonds is 6. The standard InChI is InChI=1S/C12H20N2O3/c1-5-7-9(6-2)13-12(17)14-10(8(3)4)11(15)16/h1,8-10H,6-7H2,2-4H3,(H,15,16)(H2,13,14,17). The van der Waals surface area contributed by atoms with Gasteiger partial charge < -0.3 is 15.7 Å². The van der Waals surface area contributed by atoms with E-state index < -0.39 is 18.0 Å². The number of terminal acetylenes is 1. The van der Waals surface area contributed by atoms with Crippen LogP contribution in [0.15, 0.2) is 0 Å². The summed E-state index contributed by atoms with van der Waals surface area (Å²) in [5.41, 5.74) is 0. The number of carboxylic acids is 1. The maximum Gasteiger partial charge on any atom is 0.326 e. The minimum atomic E-state index is -1.04. The van der Waals surface area contributed by atoms with E-state index in [9.17, 15) is 9.59 Å². The monoisotopic (exact) mass is 240 g/mol. The highest BCUT2D eigenvalue weighted by Gasteiger charge is 2.23. The first-order valence-corrected chi connectivity index (χ1v) is 5.65. The van der Waals surface area contributed by atoms with Crippen molar-refractivity contribution in [3.05, 3.63) is 0 Å². The fraction of sp³-hybridized carbons (Fsp3) is 0.667. The summed E-state index contributed by atoms with van der Waals surface area (Å²) in [6.07, 6.45) is 6.30. The molecule has 5 heteroatoms. The van der Waals surface area contributed by atoms with E-state index in [4.69, 9.17) is 11.5 Å². The second-order valence-electron chi connectivity index (χ2n) is 4.19. The third kappa shape index (κ3) is 5.81. The summed E-state index contributed by atoms with van der Waals surface area (Å²) in [5.74, 6) is 1.25. The SMILES string of the molecule is C#CCC(CC)NC(=O)NC(C(=O)O)C(C)C. The molecule has 0 bridgehead atoms. The Bertz CT molecular complexity index is 307. The zero-order chi connectivity index (χ0) is 13.4. The van der Waals surface area contributed by atoms with Crippen LogP contribution in [-0.4, -0.2) is 29.2 Å². The van der Waals surface area contributed by atoms with Crippen molar-refractivity contribution in [3.63, 3.8) is 0 Å². The van der Waals surface area contributed by atoms with Crippen LogP contribution in [-0.2, 0) is 4.79 Å². The molecule has 0 rings (SSSR count). The molecule has 17 heavy (non-hydrogen) atoms. The van der Waals surface area contributed by atoms with E-state index in [1.165, 1.54) is 0 Å². The van der Waals surface area contributed by atoms with Gasteiger partial charge in [0, 0.05) is 12.5 Å². The number of nitrogens with one attached hydrogen (secondary N) is 2. The maximum atomic E-state index is 11.6. The summed E-state index contributed by atoms with van der Waals surface area (Å²) in [5, 5.41) is 14.0. The first-order valence-electron chi connectivity index (χ1n) is 5.65. The molecular formula is C12H20N2O3. The molecule has 0 fully saturated rings. The number of carbonyl (C=O) groups is 2. The van der Waals surface area contributed by atoms with Gasteiger partial charge >= 0.3 is 12.0 Å². The van der Waals surface area contributed by atoms with E-state index >= 15 is 0 Å². The maximum absolute atomic E-state index is 11.6. The molecule has 0 aliphatic carbocycles. The molecular weight excluding hydrogens is 220 g/mol. The fourth-order valence-electron chi connectivity index (χ4n) is 1.32. The van der Waals surface area contributed by atoms with E-state index in [0.717, 1.165) is 0 Å². The minimum Gasteiger partial charge on any atom is -0.480 e. The Morgan fingerprint density at radius 1 is 1.35 bits per heavy atom. The van der Waals surface area contributed by atoms with Crippen molar-refractivity contribution >= 4 is 12.0 Å². The molecule has 0 saturated heterocycles. The largest absolute Gasteiger partial charge is 0.480 e. The number of carboxylic acid groups (broad SMARTS) is 1. The zero-order valence-corrected chi connectivity index (χ0v) is 10.5. The first kappa shape index (κ1) is 15.3. The summed E-state index contributed by atoms with van der Waals surface area (Å²) < 4.78 is 0. The van der Waals surface area contributed by atoms with Gasteiger partial charge in [0.15, 0.2) is 0 Å². The lowest BCUT2D eigenvalue weighted by atomic mass is 10.1. The van der Waals surface area contributed by atoms with Crippen molar-refractivity contribution in [1.29, 1.82) is 0 Å². The lowest BCUT2D eigenvalue weighted by Gasteiger charge is -2.20.